The summed E-state index contributed by atoms with van der Waals surface area (Å²) in [5.74, 6) is -0.441. The van der Waals surface area contributed by atoms with Crippen molar-refractivity contribution in [1.29, 1.82) is 0 Å². The normalized spacial score (nSPS) is 10.7. The van der Waals surface area contributed by atoms with E-state index in [1.54, 1.807) is 48.5 Å². The Bertz CT molecular complexity index is 961. The molecule has 1 aromatic heterocycles. The van der Waals surface area contributed by atoms with Gasteiger partial charge in [-0.2, -0.15) is 0 Å². The van der Waals surface area contributed by atoms with Crippen molar-refractivity contribution in [3.8, 4) is 0 Å². The summed E-state index contributed by atoms with van der Waals surface area (Å²) in [7, 11) is 0. The van der Waals surface area contributed by atoms with Crippen molar-refractivity contribution in [2.75, 3.05) is 0 Å². The molecule has 104 valence electrons. The minimum absolute atomic E-state index is 0.0867. The standard InChI is InChI=1S/C15H9BrN2O2S/c16-10-6-7-12-11(8-10)14(20)18(15(21)17-12)13(19)9-4-2-1-3-5-9/h1-8H,(H,17,21). The summed E-state index contributed by atoms with van der Waals surface area (Å²) in [5, 5.41) is 0.405. The summed E-state index contributed by atoms with van der Waals surface area (Å²) in [6.45, 7) is 0. The summed E-state index contributed by atoms with van der Waals surface area (Å²) in [6, 6.07) is 13.8. The molecule has 0 saturated heterocycles. The number of nitrogens with one attached hydrogen (secondary N) is 1. The van der Waals surface area contributed by atoms with E-state index in [1.165, 1.54) is 0 Å². The number of rotatable bonds is 1. The molecule has 0 unspecified atom stereocenters. The van der Waals surface area contributed by atoms with Crippen molar-refractivity contribution in [3.63, 3.8) is 0 Å². The fraction of sp³-hybridized carbons (Fsp3) is 0. The summed E-state index contributed by atoms with van der Waals surface area (Å²) in [4.78, 5) is 27.9. The highest BCUT2D eigenvalue weighted by molar-refractivity contribution is 9.10. The summed E-state index contributed by atoms with van der Waals surface area (Å²) in [5.41, 5.74) is 0.586. The molecular weight excluding hydrogens is 352 g/mol. The van der Waals surface area contributed by atoms with E-state index in [2.05, 4.69) is 20.9 Å². The van der Waals surface area contributed by atoms with Gasteiger partial charge in [-0.1, -0.05) is 34.1 Å². The minimum atomic E-state index is -0.441. The topological polar surface area (TPSA) is 54.9 Å². The number of aromatic nitrogens is 2. The Kier molecular flexibility index (Phi) is 3.57. The van der Waals surface area contributed by atoms with Gasteiger partial charge in [-0.15, -0.1) is 0 Å². The first-order chi connectivity index (χ1) is 10.1. The zero-order valence-electron chi connectivity index (χ0n) is 10.7. The molecule has 0 amide bonds. The molecule has 21 heavy (non-hydrogen) atoms. The van der Waals surface area contributed by atoms with Crippen molar-refractivity contribution in [1.82, 2.24) is 9.55 Å². The third-order valence-electron chi connectivity index (χ3n) is 3.08. The molecule has 0 aliphatic carbocycles. The Hall–Kier alpha value is -2.05. The highest BCUT2D eigenvalue weighted by Gasteiger charge is 2.14. The lowest BCUT2D eigenvalue weighted by Crippen LogP contribution is -2.29. The van der Waals surface area contributed by atoms with E-state index < -0.39 is 11.5 Å². The van der Waals surface area contributed by atoms with E-state index in [4.69, 9.17) is 12.2 Å². The van der Waals surface area contributed by atoms with Crippen molar-refractivity contribution >= 4 is 45.0 Å². The van der Waals surface area contributed by atoms with Gasteiger partial charge in [-0.25, -0.2) is 4.57 Å². The van der Waals surface area contributed by atoms with Crippen molar-refractivity contribution in [2.24, 2.45) is 0 Å². The number of H-pyrrole nitrogens is 1. The van der Waals surface area contributed by atoms with Gasteiger partial charge in [0.25, 0.3) is 11.5 Å². The van der Waals surface area contributed by atoms with Crippen LogP contribution in [0.3, 0.4) is 0 Å². The Morgan fingerprint density at radius 2 is 1.86 bits per heavy atom. The van der Waals surface area contributed by atoms with E-state index >= 15 is 0 Å². The molecule has 0 radical (unpaired) electrons. The molecule has 0 atom stereocenters. The van der Waals surface area contributed by atoms with Crippen LogP contribution >= 0.6 is 28.1 Å². The van der Waals surface area contributed by atoms with Gasteiger partial charge in [-0.05, 0) is 42.5 Å². The maximum Gasteiger partial charge on any atom is 0.269 e. The van der Waals surface area contributed by atoms with Crippen molar-refractivity contribution in [3.05, 3.63) is 73.7 Å². The number of fused-ring (bicyclic) bond motifs is 1. The quantitative estimate of drug-likeness (QED) is 0.675. The molecule has 4 nitrogen and oxygen atoms in total. The minimum Gasteiger partial charge on any atom is -0.331 e. The van der Waals surface area contributed by atoms with Crippen LogP contribution in [0.4, 0.5) is 0 Å². The lowest BCUT2D eigenvalue weighted by molar-refractivity contribution is 0.0953. The van der Waals surface area contributed by atoms with Gasteiger partial charge in [0.1, 0.15) is 0 Å². The molecule has 3 aromatic rings. The molecule has 6 heteroatoms. The predicted octanol–water partition coefficient (Wildman–Crippen LogP) is 3.51. The van der Waals surface area contributed by atoms with Crippen LogP contribution in [0.1, 0.15) is 10.4 Å². The molecular formula is C15H9BrN2O2S. The smallest absolute Gasteiger partial charge is 0.269 e. The van der Waals surface area contributed by atoms with Gasteiger partial charge in [0.2, 0.25) is 0 Å². The van der Waals surface area contributed by atoms with Gasteiger partial charge in [0, 0.05) is 10.0 Å². The fourth-order valence-corrected chi connectivity index (χ4v) is 2.72. The molecule has 0 bridgehead atoms. The molecule has 0 spiro atoms. The van der Waals surface area contributed by atoms with Crippen LogP contribution < -0.4 is 5.56 Å². The van der Waals surface area contributed by atoms with Crippen LogP contribution in [0.25, 0.3) is 10.9 Å². The zero-order valence-corrected chi connectivity index (χ0v) is 13.1. The molecule has 0 aliphatic rings. The van der Waals surface area contributed by atoms with Crippen LogP contribution in [-0.2, 0) is 0 Å². The SMILES string of the molecule is O=C(c1ccccc1)n1c(=S)[nH]c2ccc(Br)cc2c1=O. The molecule has 0 saturated carbocycles. The average molecular weight is 361 g/mol. The van der Waals surface area contributed by atoms with E-state index in [0.717, 1.165) is 9.04 Å². The van der Waals surface area contributed by atoms with Gasteiger partial charge < -0.3 is 4.98 Å². The summed E-state index contributed by atoms with van der Waals surface area (Å²) >= 11 is 8.47. The number of benzene rings is 2. The van der Waals surface area contributed by atoms with E-state index in [-0.39, 0.29) is 4.77 Å². The van der Waals surface area contributed by atoms with Gasteiger partial charge >= 0.3 is 0 Å². The van der Waals surface area contributed by atoms with E-state index in [9.17, 15) is 9.59 Å². The molecule has 0 aliphatic heterocycles. The van der Waals surface area contributed by atoms with Crippen LogP contribution in [-0.4, -0.2) is 15.5 Å². The van der Waals surface area contributed by atoms with Crippen molar-refractivity contribution < 1.29 is 4.79 Å². The number of carbonyl (C=O) groups is 1. The lowest BCUT2D eigenvalue weighted by atomic mass is 10.2. The average Bonchev–Trinajstić information content (AvgIpc) is 2.49. The molecule has 3 rings (SSSR count). The van der Waals surface area contributed by atoms with E-state index in [1.807, 2.05) is 0 Å². The van der Waals surface area contributed by atoms with Gasteiger partial charge in [0.15, 0.2) is 4.77 Å². The lowest BCUT2D eigenvalue weighted by Gasteiger charge is -2.07. The number of carbonyl (C=O) groups excluding carboxylic acids is 1. The molecule has 1 N–H and O–H groups in total. The number of halogens is 1. The maximum absolute atomic E-state index is 12.6. The van der Waals surface area contributed by atoms with Crippen LogP contribution in [0.15, 0.2) is 57.8 Å². The second-order valence-corrected chi connectivity index (χ2v) is 5.73. The summed E-state index contributed by atoms with van der Waals surface area (Å²) in [6.07, 6.45) is 0. The number of nitrogens with zero attached hydrogens (tertiary/aromatic N) is 1. The zero-order chi connectivity index (χ0) is 15.0. The third kappa shape index (κ3) is 2.48. The molecule has 1 heterocycles. The van der Waals surface area contributed by atoms with Gasteiger partial charge in [0.05, 0.1) is 10.9 Å². The largest absolute Gasteiger partial charge is 0.331 e. The van der Waals surface area contributed by atoms with Crippen molar-refractivity contribution in [2.45, 2.75) is 0 Å². The Labute approximate surface area is 133 Å². The number of hydrogen-bond donors (Lipinski definition) is 1. The molecule has 2 aromatic carbocycles. The second-order valence-electron chi connectivity index (χ2n) is 4.43. The highest BCUT2D eigenvalue weighted by Crippen LogP contribution is 2.15. The number of aromatic amines is 1. The first-order valence-corrected chi connectivity index (χ1v) is 7.32. The Balaban J connectivity index is 2.31. The first-order valence-electron chi connectivity index (χ1n) is 6.12. The fourth-order valence-electron chi connectivity index (χ4n) is 2.08. The number of hydrogen-bond acceptors (Lipinski definition) is 3. The summed E-state index contributed by atoms with van der Waals surface area (Å²) < 4.78 is 1.83. The Morgan fingerprint density at radius 1 is 1.14 bits per heavy atom. The van der Waals surface area contributed by atoms with Gasteiger partial charge in [-0.3, -0.25) is 9.59 Å². The van der Waals surface area contributed by atoms with Crippen LogP contribution in [0, 0.1) is 4.77 Å². The predicted molar refractivity (Wildman–Crippen MR) is 87.3 cm³/mol. The van der Waals surface area contributed by atoms with Crippen LogP contribution in [0.5, 0.6) is 0 Å². The Morgan fingerprint density at radius 3 is 2.57 bits per heavy atom. The van der Waals surface area contributed by atoms with E-state index in [0.29, 0.717) is 16.5 Å². The first kappa shape index (κ1) is 13.9. The maximum atomic E-state index is 12.6. The molecule has 0 fully saturated rings. The third-order valence-corrected chi connectivity index (χ3v) is 3.86. The highest BCUT2D eigenvalue weighted by atomic mass is 79.9. The van der Waals surface area contributed by atoms with Crippen LogP contribution in [0.2, 0.25) is 0 Å². The second kappa shape index (κ2) is 5.38. The monoisotopic (exact) mass is 360 g/mol.